The van der Waals surface area contributed by atoms with Gasteiger partial charge in [-0.3, -0.25) is 0 Å². The molecule has 0 heterocycles. The van der Waals surface area contributed by atoms with Gasteiger partial charge in [0.15, 0.2) is 125 Å². The quantitative estimate of drug-likeness (QED) is 0.0334. The molecule has 0 fully saturated rings. The lowest BCUT2D eigenvalue weighted by atomic mass is 10.4. The fraction of sp³-hybridized carbons (Fsp3) is 0.505. The van der Waals surface area contributed by atoms with E-state index >= 15 is 0 Å². The van der Waals surface area contributed by atoms with Crippen LogP contribution in [0.5, 0.6) is 0 Å². The van der Waals surface area contributed by atoms with Crippen LogP contribution in [0.1, 0.15) is 7.43 Å². The van der Waals surface area contributed by atoms with Crippen LogP contribution in [0.4, 0.5) is 0 Å². The van der Waals surface area contributed by atoms with E-state index in [1.165, 1.54) is 0 Å². The molecule has 6 unspecified atom stereocenters. The standard InChI is InChI=1S/C96H176O15Si22.CH4/c1-40-112(4,5)97-127(34,90-64-50-43-51-65-90)100-115(10,11)78-81-118(16,17)103-130(37,93-70-56-46-57-71-93)106-121(22,23)84-87-124(28,29)109-133(96-76-62-49-63-77-96,110-125(30,31)88-85-122(24,25)107-131(38,94-72-58-47-59-73-94)104-119(18,19)82-79-116(12,13)101-128(35,98-113(6,7)41-2)91-66-52-44-53-67-91)111-126(32,33)89-86-123(26,27)108-132(39,95-74-60-48-61-75-95)105-120(20,21)83-80-117(14,15)102-129(36,99-114(8,9)42-3)92-68-54-45-55-69-92;/h40-77H,1-3,78-89H2,4-39H3;1H4. The Morgan fingerprint density at radius 3 is 0.381 bits per heavy atom. The topological polar surface area (TPSA) is 138 Å². The predicted octanol–water partition coefficient (Wildman–Crippen LogP) is 25.8. The summed E-state index contributed by atoms with van der Waals surface area (Å²) in [5.74, 6) is 0. The van der Waals surface area contributed by atoms with Gasteiger partial charge >= 0.3 is 60.2 Å². The molecule has 0 aromatic heterocycles. The Morgan fingerprint density at radius 1 is 0.157 bits per heavy atom. The fourth-order valence-electron chi connectivity index (χ4n) is 17.9. The molecule has 0 amide bonds. The van der Waals surface area contributed by atoms with Gasteiger partial charge in [-0.05, 0) is 339 Å². The molecule has 0 saturated heterocycles. The minimum atomic E-state index is -3.95. The van der Waals surface area contributed by atoms with E-state index in [4.69, 9.17) is 61.7 Å². The summed E-state index contributed by atoms with van der Waals surface area (Å²) in [6.45, 7) is 97.2. The Kier molecular flexibility index (Phi) is 42.7. The SMILES string of the molecule is C.C=C[Si](C)(C)O[Si](C)(O[Si](C)(C)CC[Si](C)(C)O[Si](C)(O[Si](C)(C)CC[Si](C)(C)O[Si](O[Si](C)(C)CC[Si](C)(C)O[Si](C)(O[Si](C)(C)CC[Si](C)(C)O[Si](C)(O[Si](C)(C)C=C)c1ccccc1)c1ccccc1)(O[Si](C)(C)CC[Si](C)(C)O[Si](C)(O[Si](C)(C)CC[Si](C)(C)O[Si](C)(O[Si](C)(C)C=C)c1ccccc1)c1ccccc1)c1ccccc1)c1ccccc1)c1ccccc1. The van der Waals surface area contributed by atoms with Crippen LogP contribution in [0.25, 0.3) is 0 Å². The zero-order valence-corrected chi connectivity index (χ0v) is 111. The molecule has 0 aliphatic carbocycles. The lowest BCUT2D eigenvalue weighted by Gasteiger charge is -2.47. The monoisotopic (exact) mass is 2200 g/mol. The minimum Gasteiger partial charge on any atom is -0.433 e. The number of hydrogen-bond donors (Lipinski definition) is 0. The van der Waals surface area contributed by atoms with Gasteiger partial charge in [0.1, 0.15) is 0 Å². The molecular formula is C97H180O15Si22. The Hall–Kier alpha value is -2.07. The predicted molar refractivity (Wildman–Crippen MR) is 632 cm³/mol. The Labute approximate surface area is 840 Å². The largest absolute Gasteiger partial charge is 0.505 e. The van der Waals surface area contributed by atoms with Gasteiger partial charge in [-0.2, -0.15) is 0 Å². The van der Waals surface area contributed by atoms with Crippen LogP contribution < -0.4 is 36.3 Å². The molecule has 6 atom stereocenters. The van der Waals surface area contributed by atoms with Crippen molar-refractivity contribution in [1.82, 2.24) is 0 Å². The minimum absolute atomic E-state index is 0. The van der Waals surface area contributed by atoms with Crippen molar-refractivity contribution >= 4 is 221 Å². The van der Waals surface area contributed by atoms with Crippen molar-refractivity contribution in [3.8, 4) is 0 Å². The highest BCUT2D eigenvalue weighted by Crippen LogP contribution is 2.41. The van der Waals surface area contributed by atoms with Crippen LogP contribution in [-0.4, -0.2) is 185 Å². The summed E-state index contributed by atoms with van der Waals surface area (Å²) in [7, 11) is -59.5. The Balaban J connectivity index is 0.0000276. The van der Waals surface area contributed by atoms with Crippen LogP contribution in [-0.2, 0) is 61.7 Å². The molecule has 134 heavy (non-hydrogen) atoms. The van der Waals surface area contributed by atoms with E-state index < -0.39 is 185 Å². The molecule has 746 valence electrons. The highest BCUT2D eigenvalue weighted by Gasteiger charge is 2.58. The maximum Gasteiger partial charge on any atom is 0.505 e. The molecular weight excluding hydrogens is 2020 g/mol. The molecule has 15 nitrogen and oxygen atoms in total. The Bertz CT molecular complexity index is 4360. The third-order valence-corrected chi connectivity index (χ3v) is 113. The molecule has 7 aromatic carbocycles. The molecule has 0 aliphatic heterocycles. The van der Waals surface area contributed by atoms with E-state index in [1.54, 1.807) is 0 Å². The molecule has 0 bridgehead atoms. The van der Waals surface area contributed by atoms with Gasteiger partial charge in [-0.1, -0.05) is 237 Å². The number of rotatable bonds is 58. The average molecular weight is 2200 g/mol. The second-order valence-electron chi connectivity index (χ2n) is 46.9. The van der Waals surface area contributed by atoms with Gasteiger partial charge in [0.25, 0.3) is 0 Å². The molecule has 0 radical (unpaired) electrons. The van der Waals surface area contributed by atoms with Crippen LogP contribution in [0.15, 0.2) is 249 Å². The Morgan fingerprint density at radius 2 is 0.261 bits per heavy atom. The van der Waals surface area contributed by atoms with Crippen LogP contribution in [0.3, 0.4) is 0 Å². The molecule has 7 rings (SSSR count). The lowest BCUT2D eigenvalue weighted by molar-refractivity contribution is 0.267. The summed E-state index contributed by atoms with van der Waals surface area (Å²) in [5, 5.41) is 7.96. The van der Waals surface area contributed by atoms with Gasteiger partial charge in [0, 0.05) is 5.19 Å². The van der Waals surface area contributed by atoms with Gasteiger partial charge in [0.2, 0.25) is 0 Å². The van der Waals surface area contributed by atoms with Gasteiger partial charge in [-0.15, -0.1) is 19.7 Å². The highest BCUT2D eigenvalue weighted by atomic mass is 28.5. The summed E-state index contributed by atoms with van der Waals surface area (Å²) in [5.41, 5.74) is 6.09. The van der Waals surface area contributed by atoms with Crippen LogP contribution >= 0.6 is 0 Å². The van der Waals surface area contributed by atoms with E-state index in [0.717, 1.165) is 109 Å². The smallest absolute Gasteiger partial charge is 0.433 e. The van der Waals surface area contributed by atoms with Gasteiger partial charge in [-0.25, -0.2) is 0 Å². The maximum absolute atomic E-state index is 8.39. The average Bonchev–Trinajstić information content (AvgIpc) is 0.585. The van der Waals surface area contributed by atoms with Crippen molar-refractivity contribution in [2.24, 2.45) is 0 Å². The van der Waals surface area contributed by atoms with Gasteiger partial charge in [0.05, 0.1) is 0 Å². The third-order valence-electron chi connectivity index (χ3n) is 25.2. The number of hydrogen-bond acceptors (Lipinski definition) is 15. The van der Waals surface area contributed by atoms with Crippen molar-refractivity contribution in [3.05, 3.63) is 249 Å². The van der Waals surface area contributed by atoms with Crippen molar-refractivity contribution in [1.29, 1.82) is 0 Å². The van der Waals surface area contributed by atoms with Crippen molar-refractivity contribution in [2.75, 3.05) is 0 Å². The first-order valence-corrected chi connectivity index (χ1v) is 111. The first-order valence-electron chi connectivity index (χ1n) is 48.6. The number of benzene rings is 7. The molecule has 37 heteroatoms. The van der Waals surface area contributed by atoms with Crippen LogP contribution in [0, 0.1) is 0 Å². The van der Waals surface area contributed by atoms with Crippen molar-refractivity contribution < 1.29 is 61.7 Å². The van der Waals surface area contributed by atoms with Gasteiger partial charge < -0.3 is 61.7 Å². The summed E-state index contributed by atoms with van der Waals surface area (Å²) >= 11 is 0. The normalized spacial score (nSPS) is 16.9. The first kappa shape index (κ1) is 121. The van der Waals surface area contributed by atoms with Crippen LogP contribution in [0.2, 0.25) is 308 Å². The molecule has 7 aromatic rings. The molecule has 0 saturated carbocycles. The summed E-state index contributed by atoms with van der Waals surface area (Å²) in [4.78, 5) is 0. The molecule has 0 aliphatic rings. The lowest BCUT2D eigenvalue weighted by Crippen LogP contribution is -2.68. The molecule has 0 spiro atoms. The fourth-order valence-corrected chi connectivity index (χ4v) is 129. The van der Waals surface area contributed by atoms with E-state index in [2.05, 4.69) is 468 Å². The van der Waals surface area contributed by atoms with Crippen molar-refractivity contribution in [3.63, 3.8) is 0 Å². The summed E-state index contributed by atoms with van der Waals surface area (Å²) < 4.78 is 116. The zero-order valence-electron chi connectivity index (χ0n) is 89.2. The molecule has 0 N–H and O–H groups in total. The first-order chi connectivity index (χ1) is 60.8. The van der Waals surface area contributed by atoms with E-state index in [1.807, 2.05) is 17.1 Å². The van der Waals surface area contributed by atoms with Crippen molar-refractivity contribution in [2.45, 2.75) is 316 Å². The highest BCUT2D eigenvalue weighted by molar-refractivity contribution is 7.03. The maximum atomic E-state index is 8.39. The second-order valence-corrected chi connectivity index (χ2v) is 135. The summed E-state index contributed by atoms with van der Waals surface area (Å²) in [6.07, 6.45) is 0. The summed E-state index contributed by atoms with van der Waals surface area (Å²) in [6, 6.07) is 86.2. The van der Waals surface area contributed by atoms with E-state index in [9.17, 15) is 0 Å². The third kappa shape index (κ3) is 38.5. The zero-order chi connectivity index (χ0) is 100. The van der Waals surface area contributed by atoms with E-state index in [0.29, 0.717) is 0 Å². The second kappa shape index (κ2) is 47.4. The van der Waals surface area contributed by atoms with E-state index in [-0.39, 0.29) is 7.43 Å².